The number of carbonyl (C=O) groups excluding carboxylic acids is 1. The van der Waals surface area contributed by atoms with Gasteiger partial charge in [0.1, 0.15) is 0 Å². The van der Waals surface area contributed by atoms with E-state index in [4.69, 9.17) is 0 Å². The van der Waals surface area contributed by atoms with Crippen LogP contribution >= 0.6 is 0 Å². The van der Waals surface area contributed by atoms with Crippen molar-refractivity contribution in [1.82, 2.24) is 14.7 Å². The summed E-state index contributed by atoms with van der Waals surface area (Å²) in [6.45, 7) is 4.10. The summed E-state index contributed by atoms with van der Waals surface area (Å²) >= 11 is 0. The van der Waals surface area contributed by atoms with Gasteiger partial charge in [-0.25, -0.2) is 0 Å². The Labute approximate surface area is 135 Å². The second-order valence-electron chi connectivity index (χ2n) is 6.91. The van der Waals surface area contributed by atoms with Gasteiger partial charge in [-0.3, -0.25) is 9.69 Å². The summed E-state index contributed by atoms with van der Waals surface area (Å²) in [5, 5.41) is 0. The molecule has 0 aromatic carbocycles. The SMILES string of the molecule is CC#CC(=O)N(C)C1CCCCC1N(C)C1CCN(C)CC1. The van der Waals surface area contributed by atoms with Crippen LogP contribution in [0.5, 0.6) is 0 Å². The van der Waals surface area contributed by atoms with Gasteiger partial charge < -0.3 is 9.80 Å². The van der Waals surface area contributed by atoms with Crippen molar-refractivity contribution in [2.45, 2.75) is 63.6 Å². The van der Waals surface area contributed by atoms with Gasteiger partial charge in [0.05, 0.1) is 0 Å². The highest BCUT2D eigenvalue weighted by atomic mass is 16.2. The van der Waals surface area contributed by atoms with Crippen LogP contribution in [0.25, 0.3) is 0 Å². The molecule has 4 heteroatoms. The average molecular weight is 305 g/mol. The van der Waals surface area contributed by atoms with Gasteiger partial charge in [-0.05, 0) is 65.7 Å². The fourth-order valence-corrected chi connectivity index (χ4v) is 4.04. The summed E-state index contributed by atoms with van der Waals surface area (Å²) in [4.78, 5) is 19.0. The number of amides is 1. The molecule has 0 bridgehead atoms. The van der Waals surface area contributed by atoms with Crippen molar-refractivity contribution in [2.24, 2.45) is 0 Å². The van der Waals surface area contributed by atoms with Crippen molar-refractivity contribution in [3.63, 3.8) is 0 Å². The topological polar surface area (TPSA) is 26.8 Å². The second-order valence-corrected chi connectivity index (χ2v) is 6.91. The number of rotatable bonds is 3. The molecule has 124 valence electrons. The summed E-state index contributed by atoms with van der Waals surface area (Å²) in [5.74, 6) is 5.41. The monoisotopic (exact) mass is 305 g/mol. The Morgan fingerprint density at radius 3 is 2.23 bits per heavy atom. The molecule has 0 spiro atoms. The largest absolute Gasteiger partial charge is 0.330 e. The van der Waals surface area contributed by atoms with Crippen LogP contribution in [0.1, 0.15) is 45.4 Å². The zero-order valence-electron chi connectivity index (χ0n) is 14.6. The average Bonchev–Trinajstić information content (AvgIpc) is 2.54. The molecule has 22 heavy (non-hydrogen) atoms. The minimum Gasteiger partial charge on any atom is -0.330 e. The minimum atomic E-state index is -0.0313. The van der Waals surface area contributed by atoms with Crippen LogP contribution in [-0.4, -0.2) is 73.0 Å². The number of likely N-dealkylation sites (tertiary alicyclic amines) is 1. The molecule has 0 aromatic rings. The molecule has 2 unspecified atom stereocenters. The third kappa shape index (κ3) is 4.02. The van der Waals surface area contributed by atoms with Crippen molar-refractivity contribution in [2.75, 3.05) is 34.2 Å². The smallest absolute Gasteiger partial charge is 0.298 e. The molecular weight excluding hydrogens is 274 g/mol. The molecule has 1 saturated heterocycles. The molecule has 1 amide bonds. The van der Waals surface area contributed by atoms with Gasteiger partial charge in [0, 0.05) is 25.2 Å². The molecule has 0 N–H and O–H groups in total. The molecule has 4 nitrogen and oxygen atoms in total. The quantitative estimate of drug-likeness (QED) is 0.744. The van der Waals surface area contributed by atoms with Gasteiger partial charge in [-0.2, -0.15) is 0 Å². The zero-order valence-corrected chi connectivity index (χ0v) is 14.6. The van der Waals surface area contributed by atoms with E-state index in [-0.39, 0.29) is 5.91 Å². The van der Waals surface area contributed by atoms with E-state index >= 15 is 0 Å². The van der Waals surface area contributed by atoms with E-state index in [1.165, 1.54) is 45.2 Å². The normalized spacial score (nSPS) is 27.3. The van der Waals surface area contributed by atoms with Crippen molar-refractivity contribution in [3.05, 3.63) is 0 Å². The summed E-state index contributed by atoms with van der Waals surface area (Å²) in [7, 11) is 6.40. The lowest BCUT2D eigenvalue weighted by Crippen LogP contribution is -2.56. The Morgan fingerprint density at radius 2 is 1.64 bits per heavy atom. The third-order valence-electron chi connectivity index (χ3n) is 5.53. The lowest BCUT2D eigenvalue weighted by atomic mass is 9.86. The summed E-state index contributed by atoms with van der Waals surface area (Å²) in [5.41, 5.74) is 0. The molecule has 1 aliphatic carbocycles. The maximum Gasteiger partial charge on any atom is 0.298 e. The zero-order chi connectivity index (χ0) is 16.1. The van der Waals surface area contributed by atoms with Crippen LogP contribution in [0.15, 0.2) is 0 Å². The maximum atomic E-state index is 12.2. The minimum absolute atomic E-state index is 0.0313. The molecule has 1 saturated carbocycles. The van der Waals surface area contributed by atoms with Gasteiger partial charge in [0.2, 0.25) is 0 Å². The Hall–Kier alpha value is -1.05. The molecule has 1 heterocycles. The standard InChI is InChI=1S/C18H31N3O/c1-5-8-18(22)21(4)17-10-7-6-9-16(17)20(3)15-11-13-19(2)14-12-15/h15-17H,6-7,9-14H2,1-4H3. The Morgan fingerprint density at radius 1 is 1.05 bits per heavy atom. The van der Waals surface area contributed by atoms with Crippen molar-refractivity contribution >= 4 is 5.91 Å². The van der Waals surface area contributed by atoms with Gasteiger partial charge in [0.25, 0.3) is 5.91 Å². The first-order valence-corrected chi connectivity index (χ1v) is 8.64. The summed E-state index contributed by atoms with van der Waals surface area (Å²) < 4.78 is 0. The highest BCUT2D eigenvalue weighted by Crippen LogP contribution is 2.29. The number of hydrogen-bond donors (Lipinski definition) is 0. The number of likely N-dealkylation sites (N-methyl/N-ethyl adjacent to an activating group) is 2. The van der Waals surface area contributed by atoms with E-state index < -0.39 is 0 Å². The third-order valence-corrected chi connectivity index (χ3v) is 5.53. The fourth-order valence-electron chi connectivity index (χ4n) is 4.04. The van der Waals surface area contributed by atoms with Crippen LogP contribution in [0.4, 0.5) is 0 Å². The van der Waals surface area contributed by atoms with E-state index in [0.717, 1.165) is 6.42 Å². The van der Waals surface area contributed by atoms with Gasteiger partial charge in [-0.15, -0.1) is 0 Å². The van der Waals surface area contributed by atoms with Crippen LogP contribution in [0, 0.1) is 11.8 Å². The first-order chi connectivity index (χ1) is 10.5. The predicted octanol–water partition coefficient (Wildman–Crippen LogP) is 1.81. The first kappa shape index (κ1) is 17.3. The Bertz CT molecular complexity index is 431. The molecule has 1 aliphatic heterocycles. The molecule has 2 atom stereocenters. The van der Waals surface area contributed by atoms with Crippen molar-refractivity contribution in [3.8, 4) is 11.8 Å². The maximum absolute atomic E-state index is 12.2. The first-order valence-electron chi connectivity index (χ1n) is 8.64. The highest BCUT2D eigenvalue weighted by Gasteiger charge is 2.36. The lowest BCUT2D eigenvalue weighted by Gasteiger charge is -2.46. The van der Waals surface area contributed by atoms with Crippen molar-refractivity contribution < 1.29 is 4.79 Å². The van der Waals surface area contributed by atoms with Crippen LogP contribution in [-0.2, 0) is 4.79 Å². The highest BCUT2D eigenvalue weighted by molar-refractivity contribution is 5.93. The fraction of sp³-hybridized carbons (Fsp3) is 0.833. The van der Waals surface area contributed by atoms with Crippen molar-refractivity contribution in [1.29, 1.82) is 0 Å². The lowest BCUT2D eigenvalue weighted by molar-refractivity contribution is -0.128. The molecule has 0 radical (unpaired) electrons. The van der Waals surface area contributed by atoms with E-state index in [1.807, 2.05) is 11.9 Å². The molecular formula is C18H31N3O. The van der Waals surface area contributed by atoms with Gasteiger partial charge in [-0.1, -0.05) is 18.8 Å². The van der Waals surface area contributed by atoms with E-state index in [1.54, 1.807) is 6.92 Å². The van der Waals surface area contributed by atoms with E-state index in [2.05, 4.69) is 35.7 Å². The number of piperidine rings is 1. The van der Waals surface area contributed by atoms with Gasteiger partial charge >= 0.3 is 0 Å². The second kappa shape index (κ2) is 7.99. The Balaban J connectivity index is 2.04. The summed E-state index contributed by atoms with van der Waals surface area (Å²) in [6.07, 6.45) is 7.28. The van der Waals surface area contributed by atoms with Crippen LogP contribution in [0.3, 0.4) is 0 Å². The molecule has 2 rings (SSSR count). The number of nitrogens with zero attached hydrogens (tertiary/aromatic N) is 3. The summed E-state index contributed by atoms with van der Waals surface area (Å²) in [6, 6.07) is 1.45. The van der Waals surface area contributed by atoms with Crippen LogP contribution < -0.4 is 0 Å². The molecule has 0 aromatic heterocycles. The number of hydrogen-bond acceptors (Lipinski definition) is 3. The van der Waals surface area contributed by atoms with Gasteiger partial charge in [0.15, 0.2) is 0 Å². The Kier molecular flexibility index (Phi) is 6.28. The van der Waals surface area contributed by atoms with Crippen LogP contribution in [0.2, 0.25) is 0 Å². The predicted molar refractivity (Wildman–Crippen MR) is 90.5 cm³/mol. The van der Waals surface area contributed by atoms with E-state index in [0.29, 0.717) is 18.1 Å². The number of carbonyl (C=O) groups is 1. The molecule has 2 aliphatic rings. The van der Waals surface area contributed by atoms with E-state index in [9.17, 15) is 4.79 Å². The molecule has 2 fully saturated rings.